The second kappa shape index (κ2) is 10.6. The Hall–Kier alpha value is -3.13. The molecule has 0 bridgehead atoms. The lowest BCUT2D eigenvalue weighted by Crippen LogP contribution is -2.56. The zero-order valence-electron chi connectivity index (χ0n) is 20.8. The minimum absolute atomic E-state index is 0.00482. The number of hydrogen-bond donors (Lipinski definition) is 0. The van der Waals surface area contributed by atoms with Crippen molar-refractivity contribution in [1.29, 1.82) is 0 Å². The summed E-state index contributed by atoms with van der Waals surface area (Å²) < 4.78 is 2.00. The van der Waals surface area contributed by atoms with Gasteiger partial charge in [0.1, 0.15) is 0 Å². The van der Waals surface area contributed by atoms with Gasteiger partial charge in [-0.1, -0.05) is 81.1 Å². The number of benzene rings is 2. The van der Waals surface area contributed by atoms with Crippen LogP contribution in [-0.4, -0.2) is 67.8 Å². The summed E-state index contributed by atoms with van der Waals surface area (Å²) in [5.41, 5.74) is 1.87. The van der Waals surface area contributed by atoms with Crippen molar-refractivity contribution in [2.24, 2.45) is 5.41 Å². The maximum Gasteiger partial charge on any atom is 0.233 e. The Morgan fingerprint density at radius 1 is 0.943 bits per heavy atom. The highest BCUT2D eigenvalue weighted by Crippen LogP contribution is 2.28. The van der Waals surface area contributed by atoms with Crippen molar-refractivity contribution in [2.45, 2.75) is 45.3 Å². The van der Waals surface area contributed by atoms with E-state index in [9.17, 15) is 9.59 Å². The molecule has 1 unspecified atom stereocenters. The molecule has 1 saturated heterocycles. The minimum atomic E-state index is -0.0479. The van der Waals surface area contributed by atoms with Crippen molar-refractivity contribution < 1.29 is 9.59 Å². The summed E-state index contributed by atoms with van der Waals surface area (Å²) in [5, 5.41) is 9.55. The first-order valence-corrected chi connectivity index (χ1v) is 13.0. The van der Waals surface area contributed by atoms with Gasteiger partial charge in [-0.05, 0) is 24.5 Å². The molecule has 1 atom stereocenters. The Morgan fingerprint density at radius 2 is 1.60 bits per heavy atom. The maximum absolute atomic E-state index is 13.1. The number of carbonyl (C=O) groups is 2. The highest BCUT2D eigenvalue weighted by atomic mass is 32.2. The van der Waals surface area contributed by atoms with Gasteiger partial charge in [-0.25, -0.2) is 0 Å². The second-order valence-corrected chi connectivity index (χ2v) is 11.1. The predicted molar refractivity (Wildman–Crippen MR) is 139 cm³/mol. The quantitative estimate of drug-likeness (QED) is 0.474. The lowest BCUT2D eigenvalue weighted by Gasteiger charge is -2.40. The summed E-state index contributed by atoms with van der Waals surface area (Å²) in [6.07, 6.45) is 0.514. The average molecular weight is 492 g/mol. The third-order valence-corrected chi connectivity index (χ3v) is 6.90. The standard InChI is InChI=1S/C27H33N5O2S/c1-20-18-30(15-16-31(20)23(33)17-27(2,3)4)24(34)19-35-26-29-28-25(21-11-7-5-8-12-21)32(26)22-13-9-6-10-14-22/h5-14,20H,15-19H2,1-4H3. The van der Waals surface area contributed by atoms with E-state index in [1.54, 1.807) is 0 Å². The van der Waals surface area contributed by atoms with E-state index in [-0.39, 0.29) is 29.0 Å². The molecule has 0 aliphatic carbocycles. The molecule has 2 amide bonds. The average Bonchev–Trinajstić information content (AvgIpc) is 3.26. The Morgan fingerprint density at radius 3 is 2.23 bits per heavy atom. The molecule has 2 heterocycles. The number of piperazine rings is 1. The van der Waals surface area contributed by atoms with Crippen LogP contribution in [0.4, 0.5) is 0 Å². The zero-order valence-corrected chi connectivity index (χ0v) is 21.7. The molecule has 8 heteroatoms. The van der Waals surface area contributed by atoms with Gasteiger partial charge in [0.15, 0.2) is 11.0 Å². The van der Waals surface area contributed by atoms with Crippen LogP contribution in [0.5, 0.6) is 0 Å². The van der Waals surface area contributed by atoms with Crippen LogP contribution < -0.4 is 0 Å². The van der Waals surface area contributed by atoms with Crippen LogP contribution in [0.15, 0.2) is 65.8 Å². The number of carbonyl (C=O) groups excluding carboxylic acids is 2. The van der Waals surface area contributed by atoms with Crippen LogP contribution in [0.25, 0.3) is 17.1 Å². The van der Waals surface area contributed by atoms with Gasteiger partial charge in [-0.15, -0.1) is 10.2 Å². The monoisotopic (exact) mass is 491 g/mol. The minimum Gasteiger partial charge on any atom is -0.338 e. The fourth-order valence-electron chi connectivity index (χ4n) is 4.27. The van der Waals surface area contributed by atoms with Crippen molar-refractivity contribution in [3.05, 3.63) is 60.7 Å². The number of para-hydroxylation sites is 1. The summed E-state index contributed by atoms with van der Waals surface area (Å²) in [6.45, 7) is 9.92. The van der Waals surface area contributed by atoms with E-state index < -0.39 is 0 Å². The number of hydrogen-bond acceptors (Lipinski definition) is 5. The Balaban J connectivity index is 1.44. The Bertz CT molecular complexity index is 1160. The van der Waals surface area contributed by atoms with Gasteiger partial charge in [0.25, 0.3) is 0 Å². The number of nitrogens with zero attached hydrogens (tertiary/aromatic N) is 5. The van der Waals surface area contributed by atoms with Crippen molar-refractivity contribution in [3.63, 3.8) is 0 Å². The maximum atomic E-state index is 13.1. The highest BCUT2D eigenvalue weighted by molar-refractivity contribution is 7.99. The molecule has 35 heavy (non-hydrogen) atoms. The van der Waals surface area contributed by atoms with Gasteiger partial charge in [-0.2, -0.15) is 0 Å². The first kappa shape index (κ1) is 25.0. The van der Waals surface area contributed by atoms with Gasteiger partial charge in [-0.3, -0.25) is 14.2 Å². The van der Waals surface area contributed by atoms with Crippen LogP contribution in [0.1, 0.15) is 34.1 Å². The first-order valence-electron chi connectivity index (χ1n) is 12.0. The Kier molecular flexibility index (Phi) is 7.60. The molecule has 184 valence electrons. The van der Waals surface area contributed by atoms with Crippen molar-refractivity contribution in [2.75, 3.05) is 25.4 Å². The second-order valence-electron chi connectivity index (χ2n) is 10.1. The van der Waals surface area contributed by atoms with Crippen LogP contribution in [0.2, 0.25) is 0 Å². The third-order valence-electron chi connectivity index (χ3n) is 5.99. The van der Waals surface area contributed by atoms with E-state index in [2.05, 4.69) is 31.0 Å². The fourth-order valence-corrected chi connectivity index (χ4v) is 5.13. The molecule has 2 aromatic carbocycles. The lowest BCUT2D eigenvalue weighted by molar-refractivity contribution is -0.142. The van der Waals surface area contributed by atoms with Crippen LogP contribution in [0.3, 0.4) is 0 Å². The molecule has 0 saturated carbocycles. The largest absolute Gasteiger partial charge is 0.338 e. The van der Waals surface area contributed by atoms with E-state index in [0.717, 1.165) is 17.1 Å². The molecule has 0 radical (unpaired) electrons. The van der Waals surface area contributed by atoms with Gasteiger partial charge < -0.3 is 9.80 Å². The molecule has 0 N–H and O–H groups in total. The van der Waals surface area contributed by atoms with E-state index in [1.165, 1.54) is 11.8 Å². The lowest BCUT2D eigenvalue weighted by atomic mass is 9.91. The molecule has 1 aliphatic heterocycles. The molecular formula is C27H33N5O2S. The van der Waals surface area contributed by atoms with Crippen LogP contribution in [0, 0.1) is 5.41 Å². The highest BCUT2D eigenvalue weighted by Gasteiger charge is 2.31. The SMILES string of the molecule is CC1CN(C(=O)CSc2nnc(-c3ccccc3)n2-c2ccccc2)CCN1C(=O)CC(C)(C)C. The van der Waals surface area contributed by atoms with Crippen LogP contribution >= 0.6 is 11.8 Å². The molecule has 1 aromatic heterocycles. The summed E-state index contributed by atoms with van der Waals surface area (Å²) in [6, 6.07) is 19.9. The molecule has 1 aliphatic rings. The fraction of sp³-hybridized carbons (Fsp3) is 0.407. The Labute approximate surface area is 211 Å². The number of aromatic nitrogens is 3. The van der Waals surface area contributed by atoms with E-state index in [1.807, 2.05) is 82.0 Å². The third kappa shape index (κ3) is 6.11. The number of thioether (sulfide) groups is 1. The van der Waals surface area contributed by atoms with Crippen LogP contribution in [-0.2, 0) is 9.59 Å². The predicted octanol–water partition coefficient (Wildman–Crippen LogP) is 4.52. The zero-order chi connectivity index (χ0) is 25.0. The first-order chi connectivity index (χ1) is 16.7. The van der Waals surface area contributed by atoms with Gasteiger partial charge >= 0.3 is 0 Å². The molecule has 4 rings (SSSR count). The summed E-state index contributed by atoms with van der Waals surface area (Å²) >= 11 is 1.39. The molecule has 7 nitrogen and oxygen atoms in total. The van der Waals surface area contributed by atoms with E-state index >= 15 is 0 Å². The molecule has 3 aromatic rings. The van der Waals surface area contributed by atoms with Crippen molar-refractivity contribution in [3.8, 4) is 17.1 Å². The number of rotatable bonds is 6. The molecule has 0 spiro atoms. The van der Waals surface area contributed by atoms with Crippen molar-refractivity contribution in [1.82, 2.24) is 24.6 Å². The van der Waals surface area contributed by atoms with Gasteiger partial charge in [0.2, 0.25) is 11.8 Å². The van der Waals surface area contributed by atoms with Crippen molar-refractivity contribution >= 4 is 23.6 Å². The molecular weight excluding hydrogens is 458 g/mol. The van der Waals surface area contributed by atoms with Gasteiger partial charge in [0.05, 0.1) is 5.75 Å². The summed E-state index contributed by atoms with van der Waals surface area (Å²) in [7, 11) is 0. The molecule has 1 fully saturated rings. The topological polar surface area (TPSA) is 71.3 Å². The summed E-state index contributed by atoms with van der Waals surface area (Å²) in [4.78, 5) is 29.6. The van der Waals surface area contributed by atoms with E-state index in [0.29, 0.717) is 31.2 Å². The normalized spacial score (nSPS) is 16.4. The summed E-state index contributed by atoms with van der Waals surface area (Å²) in [5.74, 6) is 1.22. The van der Waals surface area contributed by atoms with E-state index in [4.69, 9.17) is 0 Å². The van der Waals surface area contributed by atoms with Gasteiger partial charge in [0, 0.05) is 43.3 Å². The smallest absolute Gasteiger partial charge is 0.233 e. The number of amides is 2.